The van der Waals surface area contributed by atoms with Gasteiger partial charge in [0.05, 0.1) is 43.9 Å². The monoisotopic (exact) mass is 430 g/mol. The van der Waals surface area contributed by atoms with Gasteiger partial charge >= 0.3 is 0 Å². The number of hydrogen-bond acceptors (Lipinski definition) is 2. The van der Waals surface area contributed by atoms with Crippen LogP contribution in [0.15, 0.2) is 66.7 Å². The molecule has 0 spiro atoms. The molecule has 0 bridgehead atoms. The summed E-state index contributed by atoms with van der Waals surface area (Å²) >= 11 is 0. The molecule has 1 heterocycles. The predicted molar refractivity (Wildman–Crippen MR) is 139 cm³/mol. The molecular weight excluding hydrogens is 392 g/mol. The van der Waals surface area contributed by atoms with Crippen LogP contribution < -0.4 is 16.0 Å². The number of anilines is 2. The molecule has 0 saturated heterocycles. The molecule has 4 heteroatoms. The SMILES string of the molecule is C.CC[N+](C)(CC)CCC[n+]1c(-c2ccccc2)c2cc(N)ccc2c2ccc(N)cc21. The average Bonchev–Trinajstić information content (AvgIpc) is 2.79. The molecule has 4 nitrogen and oxygen atoms in total. The van der Waals surface area contributed by atoms with Crippen LogP contribution in [-0.2, 0) is 6.54 Å². The van der Waals surface area contributed by atoms with Gasteiger partial charge < -0.3 is 16.0 Å². The molecule has 1 aromatic heterocycles. The smallest absolute Gasteiger partial charge is 0.220 e. The van der Waals surface area contributed by atoms with Gasteiger partial charge in [-0.2, -0.15) is 4.57 Å². The number of nitrogen functional groups attached to an aromatic ring is 2. The number of pyridine rings is 1. The Morgan fingerprint density at radius 2 is 1.41 bits per heavy atom. The van der Waals surface area contributed by atoms with E-state index in [4.69, 9.17) is 11.5 Å². The Kier molecular flexibility index (Phi) is 7.05. The van der Waals surface area contributed by atoms with Crippen LogP contribution in [-0.4, -0.2) is 31.2 Å². The molecule has 0 aliphatic rings. The molecule has 32 heavy (non-hydrogen) atoms. The van der Waals surface area contributed by atoms with Crippen molar-refractivity contribution in [3.05, 3.63) is 66.7 Å². The number of nitrogens with two attached hydrogens (primary N) is 2. The second kappa shape index (κ2) is 9.58. The third-order valence-corrected chi connectivity index (χ3v) is 6.83. The first-order valence-electron chi connectivity index (χ1n) is 11.3. The number of benzene rings is 3. The van der Waals surface area contributed by atoms with E-state index in [-0.39, 0.29) is 7.43 Å². The Morgan fingerprint density at radius 3 is 2.06 bits per heavy atom. The highest BCUT2D eigenvalue weighted by Gasteiger charge is 2.25. The maximum atomic E-state index is 6.25. The minimum atomic E-state index is 0. The number of aryl methyl sites for hydroxylation is 1. The topological polar surface area (TPSA) is 55.9 Å². The van der Waals surface area contributed by atoms with Gasteiger partial charge in [-0.3, -0.25) is 0 Å². The lowest BCUT2D eigenvalue weighted by Gasteiger charge is -2.31. The summed E-state index contributed by atoms with van der Waals surface area (Å²) in [5.41, 5.74) is 17.7. The van der Waals surface area contributed by atoms with Crippen molar-refractivity contribution >= 4 is 33.1 Å². The zero-order valence-electron chi connectivity index (χ0n) is 18.9. The molecule has 4 aromatic rings. The van der Waals surface area contributed by atoms with Gasteiger partial charge in [0.2, 0.25) is 11.2 Å². The number of aromatic nitrogens is 1. The number of fused-ring (bicyclic) bond motifs is 3. The van der Waals surface area contributed by atoms with Crippen LogP contribution in [0.1, 0.15) is 27.7 Å². The van der Waals surface area contributed by atoms with Crippen molar-refractivity contribution in [1.29, 1.82) is 0 Å². The van der Waals surface area contributed by atoms with Crippen LogP contribution in [0.5, 0.6) is 0 Å². The quantitative estimate of drug-likeness (QED) is 0.173. The van der Waals surface area contributed by atoms with Gasteiger partial charge in [-0.25, -0.2) is 0 Å². The van der Waals surface area contributed by atoms with E-state index in [0.29, 0.717) is 0 Å². The summed E-state index contributed by atoms with van der Waals surface area (Å²) < 4.78 is 3.54. The van der Waals surface area contributed by atoms with E-state index in [0.717, 1.165) is 48.5 Å². The Balaban J connectivity index is 0.00000289. The molecule has 168 valence electrons. The number of hydrogen-bond donors (Lipinski definition) is 2. The van der Waals surface area contributed by atoms with Gasteiger partial charge in [-0.05, 0) is 50.2 Å². The van der Waals surface area contributed by atoms with Crippen LogP contribution in [0.3, 0.4) is 0 Å². The van der Waals surface area contributed by atoms with E-state index in [1.807, 2.05) is 12.1 Å². The molecular formula is C28H38N4+2. The molecule has 0 saturated carbocycles. The van der Waals surface area contributed by atoms with Crippen LogP contribution in [0.25, 0.3) is 32.9 Å². The second-order valence-corrected chi connectivity index (χ2v) is 8.78. The largest absolute Gasteiger partial charge is 0.399 e. The summed E-state index contributed by atoms with van der Waals surface area (Å²) in [6, 6.07) is 23.1. The van der Waals surface area contributed by atoms with E-state index in [1.54, 1.807) is 0 Å². The van der Waals surface area contributed by atoms with Crippen molar-refractivity contribution in [3.63, 3.8) is 0 Å². The molecule has 4 N–H and O–H groups in total. The summed E-state index contributed by atoms with van der Waals surface area (Å²) in [5.74, 6) is 0. The first-order valence-corrected chi connectivity index (χ1v) is 11.3. The number of quaternary nitrogens is 1. The first kappa shape index (κ1) is 23.6. The summed E-state index contributed by atoms with van der Waals surface area (Å²) in [4.78, 5) is 0. The van der Waals surface area contributed by atoms with Crippen molar-refractivity contribution in [3.8, 4) is 11.3 Å². The van der Waals surface area contributed by atoms with Gasteiger partial charge in [-0.15, -0.1) is 0 Å². The molecule has 4 rings (SSSR count). The third kappa shape index (κ3) is 4.42. The molecule has 0 atom stereocenters. The molecule has 0 aliphatic heterocycles. The van der Waals surface area contributed by atoms with E-state index in [9.17, 15) is 0 Å². The molecule has 0 amide bonds. The van der Waals surface area contributed by atoms with Crippen molar-refractivity contribution in [1.82, 2.24) is 0 Å². The minimum absolute atomic E-state index is 0. The highest BCUT2D eigenvalue weighted by molar-refractivity contribution is 6.10. The van der Waals surface area contributed by atoms with Crippen molar-refractivity contribution in [2.45, 2.75) is 34.2 Å². The number of rotatable bonds is 7. The van der Waals surface area contributed by atoms with Crippen molar-refractivity contribution in [2.24, 2.45) is 0 Å². The van der Waals surface area contributed by atoms with Gasteiger partial charge in [-0.1, -0.05) is 31.7 Å². The summed E-state index contributed by atoms with van der Waals surface area (Å²) in [6.07, 6.45) is 1.10. The maximum Gasteiger partial charge on any atom is 0.220 e. The lowest BCUT2D eigenvalue weighted by atomic mass is 9.98. The third-order valence-electron chi connectivity index (χ3n) is 6.83. The maximum absolute atomic E-state index is 6.25. The highest BCUT2D eigenvalue weighted by Crippen LogP contribution is 2.33. The lowest BCUT2D eigenvalue weighted by molar-refractivity contribution is -0.908. The Bertz CT molecular complexity index is 1210. The fraction of sp³-hybridized carbons (Fsp3) is 0.321. The zero-order chi connectivity index (χ0) is 22.0. The summed E-state index contributed by atoms with van der Waals surface area (Å²) in [5, 5.41) is 3.61. The molecule has 3 aromatic carbocycles. The second-order valence-electron chi connectivity index (χ2n) is 8.78. The Labute approximate surface area is 192 Å². The highest BCUT2D eigenvalue weighted by atomic mass is 15.3. The van der Waals surface area contributed by atoms with Crippen molar-refractivity contribution < 1.29 is 9.05 Å². The molecule has 0 unspecified atom stereocenters. The van der Waals surface area contributed by atoms with Crippen LogP contribution >= 0.6 is 0 Å². The Hall–Kier alpha value is -3.11. The number of nitrogens with zero attached hydrogens (tertiary/aromatic N) is 2. The van der Waals surface area contributed by atoms with Crippen LogP contribution in [0.4, 0.5) is 11.4 Å². The summed E-state index contributed by atoms with van der Waals surface area (Å²) in [7, 11) is 2.35. The molecule has 0 radical (unpaired) electrons. The van der Waals surface area contributed by atoms with Crippen LogP contribution in [0, 0.1) is 0 Å². The van der Waals surface area contributed by atoms with Gasteiger partial charge in [0.1, 0.15) is 0 Å². The van der Waals surface area contributed by atoms with Gasteiger partial charge in [0.15, 0.2) is 6.54 Å². The fourth-order valence-electron chi connectivity index (χ4n) is 4.55. The average molecular weight is 431 g/mol. The lowest BCUT2D eigenvalue weighted by Crippen LogP contribution is -2.46. The predicted octanol–water partition coefficient (Wildman–Crippen LogP) is 5.62. The van der Waals surface area contributed by atoms with E-state index in [1.165, 1.54) is 32.9 Å². The first-order chi connectivity index (χ1) is 15.0. The van der Waals surface area contributed by atoms with Crippen LogP contribution in [0.2, 0.25) is 0 Å². The van der Waals surface area contributed by atoms with Gasteiger partial charge in [0, 0.05) is 28.4 Å². The van der Waals surface area contributed by atoms with Gasteiger partial charge in [0.25, 0.3) is 0 Å². The normalized spacial score (nSPS) is 11.6. The van der Waals surface area contributed by atoms with E-state index in [2.05, 4.69) is 80.1 Å². The summed E-state index contributed by atoms with van der Waals surface area (Å²) in [6.45, 7) is 8.93. The standard InChI is InChI=1S/C27H33N4.CH4/c1-4-31(3,5-2)17-9-16-30-26-19-22(29)13-15-24(26)23-14-12-21(28)18-25(23)27(30)20-10-7-6-8-11-20;/h6-8,10-15,18-19,29H,4-5,9,16-17,28H2,1-3H3;1H4/q+1;/p+1. The molecule has 0 fully saturated rings. The van der Waals surface area contributed by atoms with Crippen molar-refractivity contribution in [2.75, 3.05) is 38.1 Å². The Morgan fingerprint density at radius 1 is 0.781 bits per heavy atom. The molecule has 0 aliphatic carbocycles. The van der Waals surface area contributed by atoms with E-state index >= 15 is 0 Å². The van der Waals surface area contributed by atoms with E-state index < -0.39 is 0 Å². The minimum Gasteiger partial charge on any atom is -0.399 e. The fourth-order valence-corrected chi connectivity index (χ4v) is 4.55. The zero-order valence-corrected chi connectivity index (χ0v) is 18.9.